The highest BCUT2D eigenvalue weighted by atomic mass is 16.6. The minimum absolute atomic E-state index is 0.0315. The monoisotopic (exact) mass is 287 g/mol. The number of anilines is 2. The molecule has 7 nitrogen and oxygen atoms in total. The predicted molar refractivity (Wildman–Crippen MR) is 79.7 cm³/mol. The summed E-state index contributed by atoms with van der Waals surface area (Å²) in [7, 11) is 1.71. The van der Waals surface area contributed by atoms with Crippen molar-refractivity contribution in [3.63, 3.8) is 0 Å². The van der Waals surface area contributed by atoms with E-state index >= 15 is 0 Å². The number of aryl methyl sites for hydroxylation is 2. The predicted octanol–water partition coefficient (Wildman–Crippen LogP) is 2.03. The summed E-state index contributed by atoms with van der Waals surface area (Å²) in [6.07, 6.45) is 0.906. The van der Waals surface area contributed by atoms with Crippen molar-refractivity contribution in [3.8, 4) is 0 Å². The summed E-state index contributed by atoms with van der Waals surface area (Å²) >= 11 is 0. The molecular formula is C14H17N5O2. The lowest BCUT2D eigenvalue weighted by Crippen LogP contribution is -2.24. The second-order valence-electron chi connectivity index (χ2n) is 5.16. The molecule has 0 bridgehead atoms. The molecule has 1 aromatic heterocycles. The molecule has 1 aliphatic rings. The minimum Gasteiger partial charge on any atom is -0.334 e. The van der Waals surface area contributed by atoms with Gasteiger partial charge >= 0.3 is 5.69 Å². The molecule has 0 saturated heterocycles. The van der Waals surface area contributed by atoms with Gasteiger partial charge in [-0.15, -0.1) is 0 Å². The molecule has 21 heavy (non-hydrogen) atoms. The topological polar surface area (TPSA) is 85.0 Å². The zero-order valence-corrected chi connectivity index (χ0v) is 12.0. The van der Waals surface area contributed by atoms with Gasteiger partial charge in [-0.25, -0.2) is 4.68 Å². The van der Waals surface area contributed by atoms with Gasteiger partial charge in [0, 0.05) is 19.3 Å². The molecule has 110 valence electrons. The molecule has 1 aromatic carbocycles. The second-order valence-corrected chi connectivity index (χ2v) is 5.16. The third-order valence-corrected chi connectivity index (χ3v) is 3.77. The highest BCUT2D eigenvalue weighted by Crippen LogP contribution is 2.32. The second kappa shape index (κ2) is 5.17. The number of nitro groups is 1. The van der Waals surface area contributed by atoms with E-state index in [2.05, 4.69) is 21.8 Å². The summed E-state index contributed by atoms with van der Waals surface area (Å²) in [6, 6.07) is 6.00. The number of nitrogens with one attached hydrogen (secondary N) is 2. The first-order valence-electron chi connectivity index (χ1n) is 6.84. The van der Waals surface area contributed by atoms with Crippen LogP contribution in [0.2, 0.25) is 0 Å². The Hall–Kier alpha value is -2.41. The van der Waals surface area contributed by atoms with Crippen LogP contribution in [0.25, 0.3) is 0 Å². The van der Waals surface area contributed by atoms with Crippen molar-refractivity contribution in [3.05, 3.63) is 45.1 Å². The summed E-state index contributed by atoms with van der Waals surface area (Å²) < 4.78 is 1.52. The molecule has 0 amide bonds. The summed E-state index contributed by atoms with van der Waals surface area (Å²) in [5.41, 5.74) is 3.80. The quantitative estimate of drug-likeness (QED) is 0.666. The molecule has 2 N–H and O–H groups in total. The molecule has 0 unspecified atom stereocenters. The summed E-state index contributed by atoms with van der Waals surface area (Å²) in [5, 5.41) is 21.9. The molecular weight excluding hydrogens is 270 g/mol. The summed E-state index contributed by atoms with van der Waals surface area (Å²) in [5.74, 6) is 0.421. The fraction of sp³-hybridized carbons (Fsp3) is 0.357. The van der Waals surface area contributed by atoms with Gasteiger partial charge in [-0.05, 0) is 37.1 Å². The van der Waals surface area contributed by atoms with Gasteiger partial charge in [0.25, 0.3) is 0 Å². The average Bonchev–Trinajstić information content (AvgIpc) is 2.73. The molecule has 7 heteroatoms. The Kier molecular flexibility index (Phi) is 3.34. The number of hydrogen-bond acceptors (Lipinski definition) is 5. The molecule has 2 aromatic rings. The van der Waals surface area contributed by atoms with Crippen LogP contribution in [0.1, 0.15) is 16.8 Å². The van der Waals surface area contributed by atoms with Crippen molar-refractivity contribution >= 4 is 17.2 Å². The van der Waals surface area contributed by atoms with E-state index in [4.69, 9.17) is 0 Å². The fourth-order valence-corrected chi connectivity index (χ4v) is 2.78. The van der Waals surface area contributed by atoms with Crippen LogP contribution in [0.15, 0.2) is 18.2 Å². The highest BCUT2D eigenvalue weighted by molar-refractivity contribution is 5.70. The molecule has 1 aliphatic heterocycles. The molecule has 0 radical (unpaired) electrons. The van der Waals surface area contributed by atoms with Crippen LogP contribution >= 0.6 is 0 Å². The number of hydrogen-bond donors (Lipinski definition) is 2. The number of aromatic nitrogens is 2. The fourth-order valence-electron chi connectivity index (χ4n) is 2.78. The maximum absolute atomic E-state index is 11.2. The number of rotatable bonds is 3. The van der Waals surface area contributed by atoms with E-state index in [0.717, 1.165) is 25.2 Å². The zero-order valence-electron chi connectivity index (χ0n) is 12.0. The van der Waals surface area contributed by atoms with E-state index in [0.29, 0.717) is 11.5 Å². The van der Waals surface area contributed by atoms with Gasteiger partial charge in [0.1, 0.15) is 5.69 Å². The Bertz CT molecular complexity index is 708. The first-order chi connectivity index (χ1) is 10.1. The van der Waals surface area contributed by atoms with Gasteiger partial charge in [0.15, 0.2) is 0 Å². The van der Waals surface area contributed by atoms with Gasteiger partial charge in [0.2, 0.25) is 5.82 Å². The maximum atomic E-state index is 11.2. The van der Waals surface area contributed by atoms with Crippen LogP contribution in [-0.2, 0) is 20.0 Å². The molecule has 0 saturated carbocycles. The van der Waals surface area contributed by atoms with Crippen molar-refractivity contribution in [2.24, 2.45) is 7.05 Å². The van der Waals surface area contributed by atoms with E-state index < -0.39 is 0 Å². The average molecular weight is 287 g/mol. The summed E-state index contributed by atoms with van der Waals surface area (Å²) in [6.45, 7) is 3.39. The third kappa shape index (κ3) is 2.36. The van der Waals surface area contributed by atoms with Crippen molar-refractivity contribution in [1.29, 1.82) is 0 Å². The number of fused-ring (bicyclic) bond motifs is 1. The van der Waals surface area contributed by atoms with Crippen molar-refractivity contribution in [2.75, 3.05) is 11.9 Å². The SMILES string of the molecule is Cc1nn(C)c(Nc2cccc3c2CCNC3)c1[N+](=O)[O-]. The first kappa shape index (κ1) is 13.6. The molecule has 0 aliphatic carbocycles. The van der Waals surface area contributed by atoms with Crippen molar-refractivity contribution < 1.29 is 4.92 Å². The van der Waals surface area contributed by atoms with E-state index in [-0.39, 0.29) is 10.6 Å². The van der Waals surface area contributed by atoms with E-state index in [1.54, 1.807) is 14.0 Å². The van der Waals surface area contributed by atoms with E-state index in [1.165, 1.54) is 15.8 Å². The van der Waals surface area contributed by atoms with Crippen LogP contribution < -0.4 is 10.6 Å². The normalized spacial score (nSPS) is 13.8. The van der Waals surface area contributed by atoms with Crippen LogP contribution in [0.5, 0.6) is 0 Å². The highest BCUT2D eigenvalue weighted by Gasteiger charge is 2.25. The molecule has 3 rings (SSSR count). The van der Waals surface area contributed by atoms with Gasteiger partial charge in [0.05, 0.1) is 4.92 Å². The third-order valence-electron chi connectivity index (χ3n) is 3.77. The Morgan fingerprint density at radius 3 is 3.05 bits per heavy atom. The van der Waals surface area contributed by atoms with Crippen LogP contribution in [0.3, 0.4) is 0 Å². The van der Waals surface area contributed by atoms with Crippen LogP contribution in [0, 0.1) is 17.0 Å². The Morgan fingerprint density at radius 2 is 2.29 bits per heavy atom. The van der Waals surface area contributed by atoms with Gasteiger partial charge < -0.3 is 10.6 Å². The van der Waals surface area contributed by atoms with Crippen LogP contribution in [-0.4, -0.2) is 21.2 Å². The lowest BCUT2D eigenvalue weighted by Gasteiger charge is -2.20. The van der Waals surface area contributed by atoms with Crippen molar-refractivity contribution in [2.45, 2.75) is 19.9 Å². The molecule has 0 atom stereocenters. The van der Waals surface area contributed by atoms with Crippen LogP contribution in [0.4, 0.5) is 17.2 Å². The lowest BCUT2D eigenvalue weighted by molar-refractivity contribution is -0.384. The lowest BCUT2D eigenvalue weighted by atomic mass is 9.99. The number of nitrogens with zero attached hydrogens (tertiary/aromatic N) is 3. The largest absolute Gasteiger partial charge is 0.334 e. The Labute approximate surface area is 122 Å². The molecule has 2 heterocycles. The van der Waals surface area contributed by atoms with Gasteiger partial charge in [-0.3, -0.25) is 10.1 Å². The molecule has 0 spiro atoms. The van der Waals surface area contributed by atoms with Gasteiger partial charge in [-0.2, -0.15) is 5.10 Å². The maximum Gasteiger partial charge on any atom is 0.334 e. The Morgan fingerprint density at radius 1 is 1.48 bits per heavy atom. The van der Waals surface area contributed by atoms with E-state index in [9.17, 15) is 10.1 Å². The standard InChI is InChI=1S/C14H17N5O2/c1-9-13(19(20)21)14(18(2)17-9)16-12-5-3-4-10-8-15-7-6-11(10)12/h3-5,15-16H,6-8H2,1-2H3. The number of benzene rings is 1. The first-order valence-corrected chi connectivity index (χ1v) is 6.84. The Balaban J connectivity index is 2.04. The molecule has 0 fully saturated rings. The summed E-state index contributed by atoms with van der Waals surface area (Å²) in [4.78, 5) is 10.8. The zero-order chi connectivity index (χ0) is 15.0. The van der Waals surface area contributed by atoms with E-state index in [1.807, 2.05) is 12.1 Å². The smallest absolute Gasteiger partial charge is 0.334 e. The minimum atomic E-state index is -0.387. The van der Waals surface area contributed by atoms with Crippen molar-refractivity contribution in [1.82, 2.24) is 15.1 Å². The van der Waals surface area contributed by atoms with Gasteiger partial charge in [-0.1, -0.05) is 12.1 Å².